The van der Waals surface area contributed by atoms with Gasteiger partial charge in [-0.25, -0.2) is 9.97 Å². The Morgan fingerprint density at radius 2 is 1.83 bits per heavy atom. The molecule has 1 heterocycles. The molecule has 1 aromatic rings. The van der Waals surface area contributed by atoms with E-state index in [0.717, 1.165) is 30.7 Å². The van der Waals surface area contributed by atoms with Gasteiger partial charge in [-0.05, 0) is 37.5 Å². The first-order valence-corrected chi connectivity index (χ1v) is 6.95. The predicted octanol–water partition coefficient (Wildman–Crippen LogP) is 2.77. The van der Waals surface area contributed by atoms with Gasteiger partial charge >= 0.3 is 0 Å². The fourth-order valence-corrected chi connectivity index (χ4v) is 2.42. The van der Waals surface area contributed by atoms with Crippen LogP contribution >= 0.6 is 11.6 Å². The van der Waals surface area contributed by atoms with Crippen LogP contribution < -0.4 is 9.64 Å². The van der Waals surface area contributed by atoms with E-state index in [1.807, 2.05) is 0 Å². The lowest BCUT2D eigenvalue weighted by molar-refractivity contribution is 0.409. The van der Waals surface area contributed by atoms with Gasteiger partial charge < -0.3 is 9.64 Å². The molecule has 2 aliphatic carbocycles. The first kappa shape index (κ1) is 12.0. The van der Waals surface area contributed by atoms with Crippen molar-refractivity contribution in [3.63, 3.8) is 0 Å². The number of nitrogens with zero attached hydrogens (tertiary/aromatic N) is 3. The van der Waals surface area contributed by atoms with Gasteiger partial charge in [0.05, 0.1) is 7.11 Å². The minimum atomic E-state index is 0.402. The molecule has 18 heavy (non-hydrogen) atoms. The molecule has 1 aromatic heterocycles. The normalized spacial score (nSPS) is 18.8. The van der Waals surface area contributed by atoms with Crippen LogP contribution in [0.2, 0.25) is 5.15 Å². The van der Waals surface area contributed by atoms with Crippen molar-refractivity contribution in [3.8, 4) is 5.75 Å². The zero-order valence-corrected chi connectivity index (χ0v) is 11.4. The third-order valence-electron chi connectivity index (χ3n) is 3.60. The van der Waals surface area contributed by atoms with Crippen molar-refractivity contribution in [1.29, 1.82) is 0 Å². The van der Waals surface area contributed by atoms with Crippen molar-refractivity contribution in [2.75, 3.05) is 25.1 Å². The number of methoxy groups -OCH3 is 1. The van der Waals surface area contributed by atoms with E-state index in [9.17, 15) is 0 Å². The maximum atomic E-state index is 6.08. The van der Waals surface area contributed by atoms with E-state index in [1.54, 1.807) is 7.11 Å². The molecule has 4 nitrogen and oxygen atoms in total. The molecule has 2 aliphatic rings. The summed E-state index contributed by atoms with van der Waals surface area (Å²) < 4.78 is 5.36. The lowest BCUT2D eigenvalue weighted by Crippen LogP contribution is -2.29. The number of ether oxygens (including phenoxy) is 1. The van der Waals surface area contributed by atoms with Crippen LogP contribution in [0.5, 0.6) is 5.75 Å². The van der Waals surface area contributed by atoms with Crippen LogP contribution in [0.1, 0.15) is 25.7 Å². The molecule has 98 valence electrons. The summed E-state index contributed by atoms with van der Waals surface area (Å²) in [4.78, 5) is 10.7. The molecule has 0 aromatic carbocycles. The van der Waals surface area contributed by atoms with Crippen LogP contribution in [0.25, 0.3) is 0 Å². The summed E-state index contributed by atoms with van der Waals surface area (Å²) >= 11 is 6.08. The number of hydrogen-bond donors (Lipinski definition) is 0. The van der Waals surface area contributed by atoms with Crippen LogP contribution in [0.3, 0.4) is 0 Å². The van der Waals surface area contributed by atoms with E-state index in [-0.39, 0.29) is 0 Å². The molecule has 3 rings (SSSR count). The fourth-order valence-electron chi connectivity index (χ4n) is 2.22. The van der Waals surface area contributed by atoms with E-state index in [4.69, 9.17) is 16.3 Å². The maximum absolute atomic E-state index is 6.08. The Bertz CT molecular complexity index is 418. The lowest BCUT2D eigenvalue weighted by Gasteiger charge is -2.25. The largest absolute Gasteiger partial charge is 0.490 e. The minimum Gasteiger partial charge on any atom is -0.490 e. The van der Waals surface area contributed by atoms with Crippen LogP contribution in [-0.2, 0) is 0 Å². The highest BCUT2D eigenvalue weighted by Crippen LogP contribution is 2.39. The summed E-state index contributed by atoms with van der Waals surface area (Å²) in [6, 6.07) is 0. The highest BCUT2D eigenvalue weighted by molar-refractivity contribution is 6.31. The van der Waals surface area contributed by atoms with Crippen LogP contribution in [0, 0.1) is 11.8 Å². The van der Waals surface area contributed by atoms with Gasteiger partial charge in [0.15, 0.2) is 16.7 Å². The Labute approximate surface area is 112 Å². The van der Waals surface area contributed by atoms with Gasteiger partial charge in [0.2, 0.25) is 0 Å². The quantitative estimate of drug-likeness (QED) is 0.743. The highest BCUT2D eigenvalue weighted by atomic mass is 35.5. The van der Waals surface area contributed by atoms with Gasteiger partial charge in [0.1, 0.15) is 6.33 Å². The molecule has 2 saturated carbocycles. The zero-order valence-electron chi connectivity index (χ0n) is 10.6. The molecular weight excluding hydrogens is 250 g/mol. The van der Waals surface area contributed by atoms with E-state index in [1.165, 1.54) is 32.0 Å². The van der Waals surface area contributed by atoms with Gasteiger partial charge in [-0.2, -0.15) is 0 Å². The Kier molecular flexibility index (Phi) is 3.29. The second-order valence-electron chi connectivity index (χ2n) is 5.31. The molecule has 5 heteroatoms. The number of hydrogen-bond acceptors (Lipinski definition) is 4. The SMILES string of the molecule is COc1c(Cl)ncnc1N(CC1CC1)CC1CC1. The summed E-state index contributed by atoms with van der Waals surface area (Å²) in [5.74, 6) is 3.11. The van der Waals surface area contributed by atoms with Gasteiger partial charge in [0, 0.05) is 13.1 Å². The lowest BCUT2D eigenvalue weighted by atomic mass is 10.3. The fraction of sp³-hybridized carbons (Fsp3) is 0.692. The summed E-state index contributed by atoms with van der Waals surface area (Å²) in [6.45, 7) is 2.14. The standard InChI is InChI=1S/C13H18ClN3O/c1-18-11-12(14)15-8-16-13(11)17(6-9-2-3-9)7-10-4-5-10/h8-10H,2-7H2,1H3. The zero-order chi connectivity index (χ0) is 12.5. The third kappa shape index (κ3) is 2.69. The predicted molar refractivity (Wildman–Crippen MR) is 71.3 cm³/mol. The van der Waals surface area contributed by atoms with Gasteiger partial charge in [0.25, 0.3) is 0 Å². The highest BCUT2D eigenvalue weighted by Gasteiger charge is 2.31. The van der Waals surface area contributed by atoms with Gasteiger partial charge in [-0.15, -0.1) is 0 Å². The Morgan fingerprint density at radius 1 is 1.22 bits per heavy atom. The Balaban J connectivity index is 1.84. The first-order chi connectivity index (χ1) is 8.78. The molecule has 0 amide bonds. The second kappa shape index (κ2) is 4.92. The second-order valence-corrected chi connectivity index (χ2v) is 5.67. The van der Waals surface area contributed by atoms with Crippen molar-refractivity contribution in [2.24, 2.45) is 11.8 Å². The average Bonchev–Trinajstić information content (AvgIpc) is 3.22. The summed E-state index contributed by atoms with van der Waals surface area (Å²) in [5.41, 5.74) is 0. The molecule has 0 bridgehead atoms. The van der Waals surface area contributed by atoms with Crippen molar-refractivity contribution in [2.45, 2.75) is 25.7 Å². The molecule has 2 fully saturated rings. The van der Waals surface area contributed by atoms with Gasteiger partial charge in [-0.1, -0.05) is 11.6 Å². The molecule has 0 spiro atoms. The van der Waals surface area contributed by atoms with E-state index in [2.05, 4.69) is 14.9 Å². The molecule has 0 radical (unpaired) electrons. The monoisotopic (exact) mass is 267 g/mol. The van der Waals surface area contributed by atoms with Crippen LogP contribution in [0.15, 0.2) is 6.33 Å². The van der Waals surface area contributed by atoms with Crippen molar-refractivity contribution < 1.29 is 4.74 Å². The van der Waals surface area contributed by atoms with Crippen LogP contribution in [0.4, 0.5) is 5.82 Å². The number of anilines is 1. The van der Waals surface area contributed by atoms with Gasteiger partial charge in [-0.3, -0.25) is 0 Å². The molecule has 0 saturated heterocycles. The number of halogens is 1. The minimum absolute atomic E-state index is 0.402. The van der Waals surface area contributed by atoms with Crippen molar-refractivity contribution in [3.05, 3.63) is 11.5 Å². The maximum Gasteiger partial charge on any atom is 0.199 e. The van der Waals surface area contributed by atoms with E-state index < -0.39 is 0 Å². The molecule has 0 aliphatic heterocycles. The topological polar surface area (TPSA) is 38.3 Å². The van der Waals surface area contributed by atoms with E-state index >= 15 is 0 Å². The molecule has 0 atom stereocenters. The smallest absolute Gasteiger partial charge is 0.199 e. The van der Waals surface area contributed by atoms with Crippen molar-refractivity contribution in [1.82, 2.24) is 9.97 Å². The van der Waals surface area contributed by atoms with E-state index in [0.29, 0.717) is 10.9 Å². The summed E-state index contributed by atoms with van der Waals surface area (Å²) in [6.07, 6.45) is 6.86. The summed E-state index contributed by atoms with van der Waals surface area (Å²) in [7, 11) is 1.63. The number of aromatic nitrogens is 2. The molecule has 0 N–H and O–H groups in total. The number of rotatable bonds is 6. The Morgan fingerprint density at radius 3 is 2.33 bits per heavy atom. The Hall–Kier alpha value is -1.03. The summed E-state index contributed by atoms with van der Waals surface area (Å²) in [5, 5.41) is 0.402. The van der Waals surface area contributed by atoms with Crippen molar-refractivity contribution >= 4 is 17.4 Å². The molecule has 0 unspecified atom stereocenters. The first-order valence-electron chi connectivity index (χ1n) is 6.57. The third-order valence-corrected chi connectivity index (χ3v) is 3.87. The molecular formula is C13H18ClN3O. The average molecular weight is 268 g/mol. The van der Waals surface area contributed by atoms with Crippen LogP contribution in [-0.4, -0.2) is 30.2 Å².